The predicted molar refractivity (Wildman–Crippen MR) is 123 cm³/mol. The summed E-state index contributed by atoms with van der Waals surface area (Å²) in [6, 6.07) is 12.9. The van der Waals surface area contributed by atoms with Gasteiger partial charge in [-0.1, -0.05) is 19.1 Å². The van der Waals surface area contributed by atoms with Gasteiger partial charge >= 0.3 is 0 Å². The van der Waals surface area contributed by atoms with Crippen molar-refractivity contribution in [2.24, 2.45) is 5.92 Å². The van der Waals surface area contributed by atoms with Gasteiger partial charge in [-0.25, -0.2) is 4.98 Å². The van der Waals surface area contributed by atoms with E-state index in [0.717, 1.165) is 54.0 Å². The molecule has 162 valence electrons. The van der Waals surface area contributed by atoms with Gasteiger partial charge in [-0.05, 0) is 50.7 Å². The Labute approximate surface area is 182 Å². The van der Waals surface area contributed by atoms with Crippen LogP contribution in [0.25, 0.3) is 10.9 Å². The number of para-hydroxylation sites is 1. The predicted octanol–water partition coefficient (Wildman–Crippen LogP) is 4.27. The Bertz CT molecular complexity index is 1050. The van der Waals surface area contributed by atoms with E-state index >= 15 is 0 Å². The number of rotatable bonds is 7. The molecule has 0 spiro atoms. The summed E-state index contributed by atoms with van der Waals surface area (Å²) in [4.78, 5) is 9.58. The SMILES string of the molecule is Cc1cc(Nc2nc(N[C@H]3C[C@@H](C)CC[C@@H](NCCC#N)C3)nc3ccccc23)n[nH]1. The summed E-state index contributed by atoms with van der Waals surface area (Å²) in [6.07, 6.45) is 4.93. The van der Waals surface area contributed by atoms with Crippen molar-refractivity contribution in [2.75, 3.05) is 17.2 Å². The first-order chi connectivity index (χ1) is 15.1. The molecule has 0 saturated heterocycles. The van der Waals surface area contributed by atoms with Gasteiger partial charge in [0.05, 0.1) is 11.6 Å². The van der Waals surface area contributed by atoms with Crippen LogP contribution >= 0.6 is 0 Å². The average molecular weight is 419 g/mol. The second-order valence-corrected chi connectivity index (χ2v) is 8.53. The van der Waals surface area contributed by atoms with E-state index in [2.05, 4.69) is 39.1 Å². The van der Waals surface area contributed by atoms with Crippen molar-refractivity contribution >= 4 is 28.5 Å². The summed E-state index contributed by atoms with van der Waals surface area (Å²) in [5.41, 5.74) is 1.88. The largest absolute Gasteiger partial charge is 0.351 e. The summed E-state index contributed by atoms with van der Waals surface area (Å²) in [5, 5.41) is 27.5. The molecule has 4 rings (SSSR count). The molecule has 8 nitrogen and oxygen atoms in total. The molecule has 0 radical (unpaired) electrons. The minimum atomic E-state index is 0.277. The third-order valence-corrected chi connectivity index (χ3v) is 5.82. The standard InChI is InChI=1S/C23H30N8/c1-15-8-9-17(25-11-5-10-24)14-18(12-15)26-23-27-20-7-4-3-6-19(20)22(29-23)28-21-13-16(2)30-31-21/h3-4,6-7,13,15,17-18,25H,5,8-9,11-12,14H2,1-2H3,(H3,26,27,28,29,30,31)/t15-,17+,18-/m0/s1. The summed E-state index contributed by atoms with van der Waals surface area (Å²) in [6.45, 7) is 5.02. The van der Waals surface area contributed by atoms with Gasteiger partial charge in [0.1, 0.15) is 5.82 Å². The molecule has 3 atom stereocenters. The number of hydrogen-bond donors (Lipinski definition) is 4. The monoisotopic (exact) mass is 418 g/mol. The minimum absolute atomic E-state index is 0.277. The lowest BCUT2D eigenvalue weighted by Gasteiger charge is -2.23. The third-order valence-electron chi connectivity index (χ3n) is 5.82. The zero-order valence-electron chi connectivity index (χ0n) is 18.2. The van der Waals surface area contributed by atoms with Gasteiger partial charge in [0.15, 0.2) is 5.82 Å². The van der Waals surface area contributed by atoms with E-state index in [1.807, 2.05) is 37.3 Å². The zero-order valence-corrected chi connectivity index (χ0v) is 18.2. The number of fused-ring (bicyclic) bond motifs is 1. The number of aryl methyl sites for hydroxylation is 1. The van der Waals surface area contributed by atoms with Gasteiger partial charge < -0.3 is 16.0 Å². The quantitative estimate of drug-likeness (QED) is 0.335. The van der Waals surface area contributed by atoms with Crippen LogP contribution < -0.4 is 16.0 Å². The van der Waals surface area contributed by atoms with Crippen LogP contribution in [0, 0.1) is 24.2 Å². The van der Waals surface area contributed by atoms with Crippen LogP contribution in [0.3, 0.4) is 0 Å². The van der Waals surface area contributed by atoms with Gasteiger partial charge in [0.25, 0.3) is 0 Å². The van der Waals surface area contributed by atoms with E-state index in [4.69, 9.17) is 15.2 Å². The highest BCUT2D eigenvalue weighted by Gasteiger charge is 2.24. The topological polar surface area (TPSA) is 114 Å². The fourth-order valence-corrected chi connectivity index (χ4v) is 4.30. The maximum Gasteiger partial charge on any atom is 0.225 e. The maximum absolute atomic E-state index is 8.83. The lowest BCUT2D eigenvalue weighted by atomic mass is 10.0. The number of aromatic amines is 1. The van der Waals surface area contributed by atoms with Crippen LogP contribution in [-0.2, 0) is 0 Å². The molecule has 1 fully saturated rings. The average Bonchev–Trinajstić information content (AvgIpc) is 3.07. The molecule has 8 heteroatoms. The van der Waals surface area contributed by atoms with E-state index in [1.165, 1.54) is 6.42 Å². The first kappa shape index (κ1) is 21.1. The van der Waals surface area contributed by atoms with Crippen molar-refractivity contribution in [3.05, 3.63) is 36.0 Å². The maximum atomic E-state index is 8.83. The Morgan fingerprint density at radius 2 is 2.03 bits per heavy atom. The van der Waals surface area contributed by atoms with Gasteiger partial charge in [-0.3, -0.25) is 5.10 Å². The van der Waals surface area contributed by atoms with Crippen molar-refractivity contribution < 1.29 is 0 Å². The molecular weight excluding hydrogens is 388 g/mol. The molecular formula is C23H30N8. The highest BCUT2D eigenvalue weighted by Crippen LogP contribution is 2.28. The van der Waals surface area contributed by atoms with Crippen LogP contribution in [0.5, 0.6) is 0 Å². The molecule has 0 aliphatic heterocycles. The van der Waals surface area contributed by atoms with Crippen LogP contribution in [0.4, 0.5) is 17.6 Å². The second-order valence-electron chi connectivity index (χ2n) is 8.53. The van der Waals surface area contributed by atoms with Crippen molar-refractivity contribution in [2.45, 2.75) is 58.0 Å². The number of nitrogens with zero attached hydrogens (tertiary/aromatic N) is 4. The molecule has 1 aliphatic rings. The normalized spacial score (nSPS) is 21.4. The number of benzene rings is 1. The Balaban J connectivity index is 1.56. The number of anilines is 3. The number of nitrogens with one attached hydrogen (secondary N) is 4. The molecule has 2 heterocycles. The Hall–Kier alpha value is -3.18. The second kappa shape index (κ2) is 9.75. The Morgan fingerprint density at radius 1 is 1.16 bits per heavy atom. The fraction of sp³-hybridized carbons (Fsp3) is 0.478. The molecule has 4 N–H and O–H groups in total. The lowest BCUT2D eigenvalue weighted by molar-refractivity contribution is 0.449. The number of hydrogen-bond acceptors (Lipinski definition) is 7. The highest BCUT2D eigenvalue weighted by atomic mass is 15.2. The zero-order chi connectivity index (χ0) is 21.6. The highest BCUT2D eigenvalue weighted by molar-refractivity contribution is 5.91. The Morgan fingerprint density at radius 3 is 2.84 bits per heavy atom. The van der Waals surface area contributed by atoms with E-state index in [-0.39, 0.29) is 6.04 Å². The molecule has 1 saturated carbocycles. The van der Waals surface area contributed by atoms with Crippen LogP contribution in [0.15, 0.2) is 30.3 Å². The van der Waals surface area contributed by atoms with Crippen LogP contribution in [-0.4, -0.2) is 38.8 Å². The van der Waals surface area contributed by atoms with Gasteiger partial charge in [0, 0.05) is 42.2 Å². The van der Waals surface area contributed by atoms with Gasteiger partial charge in [-0.2, -0.15) is 15.3 Å². The van der Waals surface area contributed by atoms with Gasteiger partial charge in [0.2, 0.25) is 5.95 Å². The fourth-order valence-electron chi connectivity index (χ4n) is 4.30. The van der Waals surface area contributed by atoms with Crippen molar-refractivity contribution in [1.29, 1.82) is 5.26 Å². The van der Waals surface area contributed by atoms with E-state index < -0.39 is 0 Å². The molecule has 0 bridgehead atoms. The summed E-state index contributed by atoms with van der Waals surface area (Å²) in [5.74, 6) is 2.73. The van der Waals surface area contributed by atoms with Gasteiger partial charge in [-0.15, -0.1) is 0 Å². The summed E-state index contributed by atoms with van der Waals surface area (Å²) < 4.78 is 0. The smallest absolute Gasteiger partial charge is 0.225 e. The number of H-pyrrole nitrogens is 1. The summed E-state index contributed by atoms with van der Waals surface area (Å²) >= 11 is 0. The van der Waals surface area contributed by atoms with Crippen LogP contribution in [0.1, 0.15) is 44.7 Å². The Kier molecular flexibility index (Phi) is 6.63. The molecule has 1 aliphatic carbocycles. The van der Waals surface area contributed by atoms with E-state index in [1.54, 1.807) is 0 Å². The van der Waals surface area contributed by atoms with Crippen molar-refractivity contribution in [1.82, 2.24) is 25.5 Å². The van der Waals surface area contributed by atoms with Crippen LogP contribution in [0.2, 0.25) is 0 Å². The van der Waals surface area contributed by atoms with E-state index in [0.29, 0.717) is 24.3 Å². The first-order valence-corrected chi connectivity index (χ1v) is 11.0. The molecule has 3 aromatic rings. The first-order valence-electron chi connectivity index (χ1n) is 11.0. The minimum Gasteiger partial charge on any atom is -0.351 e. The number of aromatic nitrogens is 4. The third kappa shape index (κ3) is 5.50. The van der Waals surface area contributed by atoms with Crippen molar-refractivity contribution in [3.8, 4) is 6.07 Å². The lowest BCUT2D eigenvalue weighted by Crippen LogP contribution is -2.34. The molecule has 31 heavy (non-hydrogen) atoms. The van der Waals surface area contributed by atoms with Crippen molar-refractivity contribution in [3.63, 3.8) is 0 Å². The number of nitriles is 1. The molecule has 0 amide bonds. The summed E-state index contributed by atoms with van der Waals surface area (Å²) in [7, 11) is 0. The molecule has 1 aromatic carbocycles. The molecule has 0 unspecified atom stereocenters. The van der Waals surface area contributed by atoms with E-state index in [9.17, 15) is 0 Å². The molecule has 2 aromatic heterocycles.